The normalized spacial score (nSPS) is 66.0. The van der Waals surface area contributed by atoms with Gasteiger partial charge in [0.15, 0.2) is 0 Å². The average Bonchev–Trinajstić information content (AvgIpc) is 1.78. The van der Waals surface area contributed by atoms with Crippen LogP contribution in [0.15, 0.2) is 0 Å². The van der Waals surface area contributed by atoms with Gasteiger partial charge in [-0.2, -0.15) is 0 Å². The van der Waals surface area contributed by atoms with Crippen LogP contribution in [0.4, 0.5) is 0 Å². The van der Waals surface area contributed by atoms with Gasteiger partial charge in [0.1, 0.15) is 0 Å². The van der Waals surface area contributed by atoms with Crippen molar-refractivity contribution < 1.29 is 0 Å². The van der Waals surface area contributed by atoms with E-state index in [-0.39, 0.29) is 0 Å². The average molecular weight is 151 g/mol. The zero-order valence-electron chi connectivity index (χ0n) is 7.22. The molecule has 0 aliphatic heterocycles. The molecular formula is C10H17N. The molecule has 1 heteroatoms. The summed E-state index contributed by atoms with van der Waals surface area (Å²) in [6, 6.07) is 0. The Morgan fingerprint density at radius 1 is 1.18 bits per heavy atom. The van der Waals surface area contributed by atoms with Gasteiger partial charge in [-0.1, -0.05) is 6.92 Å². The molecule has 3 aliphatic carbocycles. The van der Waals surface area contributed by atoms with Crippen LogP contribution in [0, 0.1) is 23.7 Å². The lowest BCUT2D eigenvalue weighted by Crippen LogP contribution is -2.71. The highest BCUT2D eigenvalue weighted by molar-refractivity contribution is 5.17. The van der Waals surface area contributed by atoms with Crippen LogP contribution in [0.5, 0.6) is 0 Å². The molecule has 0 bridgehead atoms. The quantitative estimate of drug-likeness (QED) is 0.561. The maximum absolute atomic E-state index is 6.32. The first-order valence-electron chi connectivity index (χ1n) is 4.98. The summed E-state index contributed by atoms with van der Waals surface area (Å²) in [7, 11) is 0. The Balaban J connectivity index is 1.87. The van der Waals surface area contributed by atoms with E-state index in [0.717, 1.165) is 23.7 Å². The van der Waals surface area contributed by atoms with E-state index < -0.39 is 0 Å². The van der Waals surface area contributed by atoms with E-state index >= 15 is 0 Å². The monoisotopic (exact) mass is 151 g/mol. The van der Waals surface area contributed by atoms with Crippen LogP contribution < -0.4 is 5.73 Å². The molecule has 0 amide bonds. The molecule has 2 N–H and O–H groups in total. The van der Waals surface area contributed by atoms with E-state index in [9.17, 15) is 0 Å². The predicted molar refractivity (Wildman–Crippen MR) is 45.0 cm³/mol. The van der Waals surface area contributed by atoms with Gasteiger partial charge in [-0.3, -0.25) is 0 Å². The molecule has 0 radical (unpaired) electrons. The Morgan fingerprint density at radius 2 is 2.00 bits per heavy atom. The third kappa shape index (κ3) is 0.618. The Bertz CT molecular complexity index is 201. The van der Waals surface area contributed by atoms with Crippen molar-refractivity contribution in [1.29, 1.82) is 0 Å². The molecule has 0 aromatic rings. The van der Waals surface area contributed by atoms with Gasteiger partial charge in [0.2, 0.25) is 0 Å². The molecule has 0 aromatic heterocycles. The van der Waals surface area contributed by atoms with Crippen LogP contribution in [-0.2, 0) is 0 Å². The smallest absolute Gasteiger partial charge is 0.0193 e. The predicted octanol–water partition coefficient (Wildman–Crippen LogP) is 1.77. The number of rotatable bonds is 0. The van der Waals surface area contributed by atoms with Gasteiger partial charge in [-0.15, -0.1) is 0 Å². The van der Waals surface area contributed by atoms with E-state index in [0.29, 0.717) is 5.54 Å². The molecule has 62 valence electrons. The second kappa shape index (κ2) is 1.66. The topological polar surface area (TPSA) is 26.0 Å². The molecule has 3 fully saturated rings. The lowest BCUT2D eigenvalue weighted by Gasteiger charge is -2.68. The van der Waals surface area contributed by atoms with Gasteiger partial charge < -0.3 is 5.73 Å². The van der Waals surface area contributed by atoms with Crippen molar-refractivity contribution in [3.63, 3.8) is 0 Å². The maximum atomic E-state index is 6.32. The van der Waals surface area contributed by atoms with Crippen molar-refractivity contribution >= 4 is 0 Å². The molecule has 5 atom stereocenters. The molecular weight excluding hydrogens is 134 g/mol. The highest BCUT2D eigenvalue weighted by atomic mass is 14.9. The van der Waals surface area contributed by atoms with E-state index in [1.807, 2.05) is 0 Å². The Hall–Kier alpha value is -0.0400. The minimum absolute atomic E-state index is 0.311. The molecule has 0 spiro atoms. The summed E-state index contributed by atoms with van der Waals surface area (Å²) >= 11 is 0. The summed E-state index contributed by atoms with van der Waals surface area (Å²) in [5.74, 6) is 3.95. The molecule has 3 saturated carbocycles. The second-order valence-electron chi connectivity index (χ2n) is 5.26. The summed E-state index contributed by atoms with van der Waals surface area (Å²) < 4.78 is 0. The fourth-order valence-electron chi connectivity index (χ4n) is 4.20. The molecule has 0 saturated heterocycles. The van der Waals surface area contributed by atoms with Crippen molar-refractivity contribution in [2.24, 2.45) is 29.4 Å². The largest absolute Gasteiger partial charge is 0.325 e. The molecule has 0 aromatic carbocycles. The van der Waals surface area contributed by atoms with Gasteiger partial charge >= 0.3 is 0 Å². The Labute approximate surface area is 68.3 Å². The third-order valence-corrected chi connectivity index (χ3v) is 4.36. The summed E-state index contributed by atoms with van der Waals surface area (Å²) in [6.45, 7) is 2.37. The van der Waals surface area contributed by atoms with Crippen molar-refractivity contribution in [1.82, 2.24) is 0 Å². The number of hydrogen-bond acceptors (Lipinski definition) is 1. The highest BCUT2D eigenvalue weighted by Crippen LogP contribution is 2.65. The van der Waals surface area contributed by atoms with Crippen molar-refractivity contribution in [2.45, 2.75) is 38.1 Å². The number of nitrogens with two attached hydrogens (primary N) is 1. The summed E-state index contributed by atoms with van der Waals surface area (Å²) in [4.78, 5) is 0. The van der Waals surface area contributed by atoms with Gasteiger partial charge in [0, 0.05) is 5.54 Å². The van der Waals surface area contributed by atoms with E-state index in [1.165, 1.54) is 25.7 Å². The van der Waals surface area contributed by atoms with Gasteiger partial charge in [-0.05, 0) is 49.4 Å². The summed E-state index contributed by atoms with van der Waals surface area (Å²) in [5.41, 5.74) is 6.63. The van der Waals surface area contributed by atoms with Crippen LogP contribution in [0.3, 0.4) is 0 Å². The van der Waals surface area contributed by atoms with Crippen LogP contribution in [0.25, 0.3) is 0 Å². The second-order valence-corrected chi connectivity index (χ2v) is 5.26. The van der Waals surface area contributed by atoms with Crippen molar-refractivity contribution in [2.75, 3.05) is 0 Å². The lowest BCUT2D eigenvalue weighted by atomic mass is 9.39. The SMILES string of the molecule is CC1CC2CC3CC(N)(C1)C23. The fraction of sp³-hybridized carbons (Fsp3) is 1.00. The zero-order chi connectivity index (χ0) is 7.64. The third-order valence-electron chi connectivity index (χ3n) is 4.36. The summed E-state index contributed by atoms with van der Waals surface area (Å²) in [6.07, 6.45) is 5.64. The molecule has 3 aliphatic rings. The molecule has 5 unspecified atom stereocenters. The van der Waals surface area contributed by atoms with E-state index in [1.54, 1.807) is 0 Å². The van der Waals surface area contributed by atoms with Gasteiger partial charge in [-0.25, -0.2) is 0 Å². The lowest BCUT2D eigenvalue weighted by molar-refractivity contribution is -0.151. The first-order valence-corrected chi connectivity index (χ1v) is 4.98. The highest BCUT2D eigenvalue weighted by Gasteiger charge is 2.63. The van der Waals surface area contributed by atoms with Crippen LogP contribution in [0.2, 0.25) is 0 Å². The summed E-state index contributed by atoms with van der Waals surface area (Å²) in [5, 5.41) is 0. The molecule has 0 heterocycles. The first kappa shape index (κ1) is 6.47. The van der Waals surface area contributed by atoms with Crippen LogP contribution >= 0.6 is 0 Å². The molecule has 1 nitrogen and oxygen atoms in total. The van der Waals surface area contributed by atoms with Gasteiger partial charge in [0.25, 0.3) is 0 Å². The van der Waals surface area contributed by atoms with Crippen LogP contribution in [-0.4, -0.2) is 5.54 Å². The van der Waals surface area contributed by atoms with E-state index in [2.05, 4.69) is 6.92 Å². The van der Waals surface area contributed by atoms with E-state index in [4.69, 9.17) is 5.73 Å². The number of hydrogen-bond donors (Lipinski definition) is 1. The fourth-order valence-corrected chi connectivity index (χ4v) is 4.20. The van der Waals surface area contributed by atoms with Crippen molar-refractivity contribution in [3.05, 3.63) is 0 Å². The minimum atomic E-state index is 0.311. The Kier molecular flexibility index (Phi) is 0.976. The maximum Gasteiger partial charge on any atom is 0.0193 e. The molecule has 11 heavy (non-hydrogen) atoms. The Morgan fingerprint density at radius 3 is 2.64 bits per heavy atom. The molecule has 3 rings (SSSR count). The standard InChI is InChI=1S/C10H17N/c1-6-2-7-3-8-5-10(11,4-6)9(7)8/h6-9H,2-5,11H2,1H3. The zero-order valence-corrected chi connectivity index (χ0v) is 7.22. The minimum Gasteiger partial charge on any atom is -0.325 e. The first-order chi connectivity index (χ1) is 5.19. The van der Waals surface area contributed by atoms with Gasteiger partial charge in [0.05, 0.1) is 0 Å². The van der Waals surface area contributed by atoms with Crippen LogP contribution in [0.1, 0.15) is 32.6 Å². The van der Waals surface area contributed by atoms with Crippen molar-refractivity contribution in [3.8, 4) is 0 Å².